The summed E-state index contributed by atoms with van der Waals surface area (Å²) in [6, 6.07) is 0.716. The van der Waals surface area contributed by atoms with Gasteiger partial charge in [-0.3, -0.25) is 0 Å². The highest BCUT2D eigenvalue weighted by Crippen LogP contribution is 2.35. The minimum Gasteiger partial charge on any atom is -0.390 e. The molecule has 1 aromatic rings. The van der Waals surface area contributed by atoms with E-state index in [4.69, 9.17) is 10.2 Å². The summed E-state index contributed by atoms with van der Waals surface area (Å²) in [5.74, 6) is 0.757. The van der Waals surface area contributed by atoms with Crippen LogP contribution in [0.1, 0.15) is 40.0 Å². The summed E-state index contributed by atoms with van der Waals surface area (Å²) >= 11 is 0. The maximum Gasteiger partial charge on any atom is 0.319 e. The molecule has 1 aliphatic heterocycles. The van der Waals surface area contributed by atoms with Crippen molar-refractivity contribution >= 4 is 12.0 Å². The molecule has 0 spiro atoms. The lowest BCUT2D eigenvalue weighted by atomic mass is 9.77. The first-order valence-corrected chi connectivity index (χ1v) is 6.31. The molecule has 96 valence electrons. The molecule has 5 nitrogen and oxygen atoms in total. The molecular weight excluding hydrogens is 216 g/mol. The number of hydrogen-bond acceptors (Lipinski definition) is 5. The van der Waals surface area contributed by atoms with Crippen LogP contribution in [0.4, 0.5) is 12.0 Å². The van der Waals surface area contributed by atoms with Gasteiger partial charge in [-0.1, -0.05) is 31.0 Å². The fourth-order valence-electron chi connectivity index (χ4n) is 2.51. The molecule has 0 aliphatic carbocycles. The number of nitrogens with zero attached hydrogens (tertiary/aromatic N) is 3. The van der Waals surface area contributed by atoms with Gasteiger partial charge in [-0.15, -0.1) is 0 Å². The van der Waals surface area contributed by atoms with Crippen LogP contribution in [0.2, 0.25) is 0 Å². The van der Waals surface area contributed by atoms with Crippen molar-refractivity contribution in [1.82, 2.24) is 10.2 Å². The minimum atomic E-state index is 0.150. The summed E-state index contributed by atoms with van der Waals surface area (Å²) in [5, 5.41) is 7.66. The van der Waals surface area contributed by atoms with Crippen LogP contribution >= 0.6 is 0 Å². The quantitative estimate of drug-likeness (QED) is 0.813. The lowest BCUT2D eigenvalue weighted by Crippen LogP contribution is -2.26. The summed E-state index contributed by atoms with van der Waals surface area (Å²) in [4.78, 5) is 2.15. The third-order valence-corrected chi connectivity index (χ3v) is 3.65. The molecular formula is C12H22N4O. The molecule has 2 N–H and O–H groups in total. The Morgan fingerprint density at radius 2 is 2.00 bits per heavy atom. The monoisotopic (exact) mass is 238 g/mol. The Hall–Kier alpha value is -1.26. The summed E-state index contributed by atoms with van der Waals surface area (Å²) in [7, 11) is 0. The normalized spacial score (nSPS) is 22.5. The van der Waals surface area contributed by atoms with E-state index in [0.717, 1.165) is 19.0 Å². The van der Waals surface area contributed by atoms with E-state index in [1.54, 1.807) is 0 Å². The van der Waals surface area contributed by atoms with Crippen LogP contribution in [-0.2, 0) is 0 Å². The summed E-state index contributed by atoms with van der Waals surface area (Å²) in [6.07, 6.45) is 3.61. The van der Waals surface area contributed by atoms with Crippen LogP contribution in [-0.4, -0.2) is 23.3 Å². The van der Waals surface area contributed by atoms with E-state index in [9.17, 15) is 0 Å². The highest BCUT2D eigenvalue weighted by Gasteiger charge is 2.28. The molecule has 0 radical (unpaired) electrons. The van der Waals surface area contributed by atoms with E-state index >= 15 is 0 Å². The predicted octanol–water partition coefficient (Wildman–Crippen LogP) is 2.30. The Kier molecular flexibility index (Phi) is 3.26. The second-order valence-corrected chi connectivity index (χ2v) is 5.90. The van der Waals surface area contributed by atoms with Crippen molar-refractivity contribution in [1.29, 1.82) is 0 Å². The van der Waals surface area contributed by atoms with E-state index < -0.39 is 0 Å². The SMILES string of the molecule is CC(C)(C)C1CCCN(c2nnc(N)o2)CC1. The maximum atomic E-state index is 5.45. The first-order valence-electron chi connectivity index (χ1n) is 6.31. The van der Waals surface area contributed by atoms with Crippen molar-refractivity contribution in [2.24, 2.45) is 11.3 Å². The van der Waals surface area contributed by atoms with Crippen LogP contribution in [0.25, 0.3) is 0 Å². The second kappa shape index (κ2) is 4.55. The first kappa shape index (κ1) is 12.2. The molecule has 0 aromatic carbocycles. The highest BCUT2D eigenvalue weighted by molar-refractivity contribution is 5.27. The molecule has 17 heavy (non-hydrogen) atoms. The third kappa shape index (κ3) is 2.90. The van der Waals surface area contributed by atoms with Crippen molar-refractivity contribution in [3.8, 4) is 0 Å². The van der Waals surface area contributed by atoms with Crippen LogP contribution in [0, 0.1) is 11.3 Å². The van der Waals surface area contributed by atoms with Crippen molar-refractivity contribution in [2.75, 3.05) is 23.7 Å². The largest absolute Gasteiger partial charge is 0.390 e. The number of nitrogens with two attached hydrogens (primary N) is 1. The van der Waals surface area contributed by atoms with Gasteiger partial charge in [0, 0.05) is 13.1 Å². The van der Waals surface area contributed by atoms with Gasteiger partial charge in [0.05, 0.1) is 0 Å². The summed E-state index contributed by atoms with van der Waals surface area (Å²) in [5.41, 5.74) is 5.83. The van der Waals surface area contributed by atoms with Crippen LogP contribution in [0.5, 0.6) is 0 Å². The van der Waals surface area contributed by atoms with Crippen molar-refractivity contribution < 1.29 is 4.42 Å². The first-order chi connectivity index (χ1) is 7.97. The Balaban J connectivity index is 2.01. The number of nitrogen functional groups attached to an aromatic ring is 1. The zero-order valence-electron chi connectivity index (χ0n) is 10.9. The van der Waals surface area contributed by atoms with Gasteiger partial charge in [0.25, 0.3) is 0 Å². The highest BCUT2D eigenvalue weighted by atomic mass is 16.4. The van der Waals surface area contributed by atoms with E-state index in [2.05, 4.69) is 35.9 Å². The van der Waals surface area contributed by atoms with Gasteiger partial charge in [-0.25, -0.2) is 0 Å². The Morgan fingerprint density at radius 3 is 2.59 bits per heavy atom. The summed E-state index contributed by atoms with van der Waals surface area (Å²) in [6.45, 7) is 8.91. The molecule has 2 rings (SSSR count). The standard InChI is InChI=1S/C12H22N4O/c1-12(2,3)9-5-4-7-16(8-6-9)11-15-14-10(13)17-11/h9H,4-8H2,1-3H3,(H2,13,14). The zero-order chi connectivity index (χ0) is 12.5. The number of rotatable bonds is 1. The Morgan fingerprint density at radius 1 is 1.24 bits per heavy atom. The molecule has 1 saturated heterocycles. The molecule has 5 heteroatoms. The summed E-state index contributed by atoms with van der Waals surface area (Å²) < 4.78 is 5.28. The van der Waals surface area contributed by atoms with Gasteiger partial charge >= 0.3 is 12.0 Å². The lowest BCUT2D eigenvalue weighted by molar-refractivity contribution is 0.220. The molecule has 1 fully saturated rings. The molecule has 1 aromatic heterocycles. The van der Waals surface area contributed by atoms with Gasteiger partial charge in [-0.05, 0) is 30.6 Å². The number of aromatic nitrogens is 2. The van der Waals surface area contributed by atoms with Crippen molar-refractivity contribution in [2.45, 2.75) is 40.0 Å². The average Bonchev–Trinajstić information content (AvgIpc) is 2.53. The van der Waals surface area contributed by atoms with Crippen LogP contribution in [0.3, 0.4) is 0 Å². The second-order valence-electron chi connectivity index (χ2n) is 5.90. The van der Waals surface area contributed by atoms with Gasteiger partial charge in [0.2, 0.25) is 0 Å². The van der Waals surface area contributed by atoms with Crippen molar-refractivity contribution in [3.05, 3.63) is 0 Å². The van der Waals surface area contributed by atoms with Gasteiger partial charge in [0.1, 0.15) is 0 Å². The molecule has 2 heterocycles. The Bertz CT molecular complexity index is 369. The van der Waals surface area contributed by atoms with Gasteiger partial charge < -0.3 is 15.1 Å². The van der Waals surface area contributed by atoms with Crippen LogP contribution < -0.4 is 10.6 Å². The zero-order valence-corrected chi connectivity index (χ0v) is 10.9. The van der Waals surface area contributed by atoms with Gasteiger partial charge in [0.15, 0.2) is 0 Å². The molecule has 1 atom stereocenters. The fraction of sp³-hybridized carbons (Fsp3) is 0.833. The predicted molar refractivity (Wildman–Crippen MR) is 67.7 cm³/mol. The van der Waals surface area contributed by atoms with E-state index in [1.165, 1.54) is 19.3 Å². The lowest BCUT2D eigenvalue weighted by Gasteiger charge is -2.29. The van der Waals surface area contributed by atoms with Crippen molar-refractivity contribution in [3.63, 3.8) is 0 Å². The molecule has 0 saturated carbocycles. The van der Waals surface area contributed by atoms with Crippen LogP contribution in [0.15, 0.2) is 4.42 Å². The average molecular weight is 238 g/mol. The van der Waals surface area contributed by atoms with Gasteiger partial charge in [-0.2, -0.15) is 0 Å². The third-order valence-electron chi connectivity index (χ3n) is 3.65. The number of hydrogen-bond donors (Lipinski definition) is 1. The molecule has 1 aliphatic rings. The molecule has 0 bridgehead atoms. The Labute approximate surface area is 102 Å². The maximum absolute atomic E-state index is 5.45. The molecule has 1 unspecified atom stereocenters. The van der Waals surface area contributed by atoms with E-state index in [-0.39, 0.29) is 6.01 Å². The number of anilines is 2. The topological polar surface area (TPSA) is 68.2 Å². The van der Waals surface area contributed by atoms with E-state index in [0.29, 0.717) is 11.4 Å². The minimum absolute atomic E-state index is 0.150. The smallest absolute Gasteiger partial charge is 0.319 e. The molecule has 0 amide bonds. The van der Waals surface area contributed by atoms with E-state index in [1.807, 2.05) is 0 Å². The fourth-order valence-corrected chi connectivity index (χ4v) is 2.51.